The second kappa shape index (κ2) is 5.06. The van der Waals surface area contributed by atoms with Crippen molar-refractivity contribution in [3.63, 3.8) is 0 Å². The number of nitrogens with one attached hydrogen (secondary N) is 1. The predicted molar refractivity (Wildman–Crippen MR) is 60.4 cm³/mol. The van der Waals surface area contributed by atoms with Gasteiger partial charge >= 0.3 is 6.36 Å². The van der Waals surface area contributed by atoms with Gasteiger partial charge in [-0.15, -0.1) is 13.2 Å². The number of para-hydroxylation sites is 2. The van der Waals surface area contributed by atoms with Crippen LogP contribution in [0.15, 0.2) is 24.3 Å². The minimum Gasteiger partial charge on any atom is -0.404 e. The van der Waals surface area contributed by atoms with Crippen molar-refractivity contribution >= 4 is 5.69 Å². The number of hydrogen-bond acceptors (Lipinski definition) is 3. The van der Waals surface area contributed by atoms with Crippen molar-refractivity contribution in [2.75, 3.05) is 5.32 Å². The lowest BCUT2D eigenvalue weighted by atomic mass is 10.2. The van der Waals surface area contributed by atoms with E-state index < -0.39 is 12.5 Å². The molecule has 0 aliphatic heterocycles. The van der Waals surface area contributed by atoms with Crippen molar-refractivity contribution in [1.82, 2.24) is 0 Å². The fourth-order valence-corrected chi connectivity index (χ4v) is 2.11. The van der Waals surface area contributed by atoms with Crippen LogP contribution in [0.1, 0.15) is 19.3 Å². The number of anilines is 1. The number of aliphatic hydroxyl groups is 1. The van der Waals surface area contributed by atoms with Gasteiger partial charge in [0, 0.05) is 0 Å². The molecule has 0 amide bonds. The zero-order valence-corrected chi connectivity index (χ0v) is 9.57. The third kappa shape index (κ3) is 3.29. The molecule has 3 nitrogen and oxygen atoms in total. The Morgan fingerprint density at radius 3 is 2.56 bits per heavy atom. The molecule has 2 rings (SSSR count). The number of rotatable bonds is 3. The molecule has 100 valence electrons. The molecule has 1 aliphatic rings. The molecule has 1 aromatic rings. The van der Waals surface area contributed by atoms with Crippen molar-refractivity contribution in [3.05, 3.63) is 24.3 Å². The maximum Gasteiger partial charge on any atom is 0.573 e. The van der Waals surface area contributed by atoms with E-state index >= 15 is 0 Å². The third-order valence-electron chi connectivity index (χ3n) is 2.93. The van der Waals surface area contributed by atoms with Gasteiger partial charge in [0.15, 0.2) is 5.75 Å². The van der Waals surface area contributed by atoms with Gasteiger partial charge in [0.1, 0.15) is 0 Å². The largest absolute Gasteiger partial charge is 0.573 e. The van der Waals surface area contributed by atoms with Crippen molar-refractivity contribution in [2.24, 2.45) is 0 Å². The van der Waals surface area contributed by atoms with Crippen molar-refractivity contribution < 1.29 is 23.0 Å². The first kappa shape index (κ1) is 13.0. The zero-order valence-electron chi connectivity index (χ0n) is 9.57. The van der Waals surface area contributed by atoms with Crippen LogP contribution >= 0.6 is 0 Å². The molecular formula is C12H14F3NO2. The standard InChI is InChI=1S/C12H14F3NO2/c13-12(14,15)18-11-7-2-1-4-9(11)16-8-5-3-6-10(8)17/h1-2,4,7-8,10,16-17H,3,5-6H2/t8-,10-/m1/s1. The lowest BCUT2D eigenvalue weighted by molar-refractivity contribution is -0.274. The summed E-state index contributed by atoms with van der Waals surface area (Å²) in [4.78, 5) is 0. The number of aliphatic hydroxyl groups excluding tert-OH is 1. The Labute approximate surface area is 103 Å². The van der Waals surface area contributed by atoms with Crippen molar-refractivity contribution in [2.45, 2.75) is 37.8 Å². The topological polar surface area (TPSA) is 41.5 Å². The van der Waals surface area contributed by atoms with Crippen LogP contribution in [-0.4, -0.2) is 23.6 Å². The SMILES string of the molecule is O[C@@H]1CCC[C@H]1Nc1ccccc1OC(F)(F)F. The second-order valence-electron chi connectivity index (χ2n) is 4.29. The fourth-order valence-electron chi connectivity index (χ4n) is 2.11. The summed E-state index contributed by atoms with van der Waals surface area (Å²) in [7, 11) is 0. The molecule has 1 aromatic carbocycles. The Morgan fingerprint density at radius 1 is 1.22 bits per heavy atom. The monoisotopic (exact) mass is 261 g/mol. The van der Waals surface area contributed by atoms with Crippen LogP contribution in [0.2, 0.25) is 0 Å². The Hall–Kier alpha value is -1.43. The molecule has 2 atom stereocenters. The molecule has 18 heavy (non-hydrogen) atoms. The average Bonchev–Trinajstić information content (AvgIpc) is 2.65. The summed E-state index contributed by atoms with van der Waals surface area (Å²) in [5.74, 6) is -0.274. The first-order valence-electron chi connectivity index (χ1n) is 5.75. The Kier molecular flexibility index (Phi) is 3.65. The molecule has 0 aromatic heterocycles. The van der Waals surface area contributed by atoms with Gasteiger partial charge < -0.3 is 15.2 Å². The summed E-state index contributed by atoms with van der Waals surface area (Å²) in [6.07, 6.45) is -2.97. The van der Waals surface area contributed by atoms with E-state index in [0.29, 0.717) is 6.42 Å². The summed E-state index contributed by atoms with van der Waals surface area (Å²) in [5, 5.41) is 12.6. The van der Waals surface area contributed by atoms with Gasteiger partial charge in [-0.3, -0.25) is 0 Å². The molecule has 0 bridgehead atoms. The summed E-state index contributed by atoms with van der Waals surface area (Å²) in [6.45, 7) is 0. The van der Waals surface area contributed by atoms with Crippen LogP contribution in [0.25, 0.3) is 0 Å². The molecule has 0 unspecified atom stereocenters. The summed E-state index contributed by atoms with van der Waals surface area (Å²) in [5.41, 5.74) is 0.251. The Bertz CT molecular complexity index is 409. The first-order chi connectivity index (χ1) is 8.46. The number of alkyl halides is 3. The summed E-state index contributed by atoms with van der Waals surface area (Å²) in [6, 6.07) is 5.62. The third-order valence-corrected chi connectivity index (χ3v) is 2.93. The molecular weight excluding hydrogens is 247 g/mol. The first-order valence-corrected chi connectivity index (χ1v) is 5.75. The van der Waals surface area contributed by atoms with Gasteiger partial charge in [-0.05, 0) is 31.4 Å². The maximum absolute atomic E-state index is 12.2. The second-order valence-corrected chi connectivity index (χ2v) is 4.29. The number of hydrogen-bond donors (Lipinski definition) is 2. The lowest BCUT2D eigenvalue weighted by Gasteiger charge is -2.20. The van der Waals surface area contributed by atoms with Crippen LogP contribution in [0, 0.1) is 0 Å². The van der Waals surface area contributed by atoms with Crippen LogP contribution in [0.3, 0.4) is 0 Å². The molecule has 0 saturated heterocycles. The minimum absolute atomic E-state index is 0.219. The molecule has 6 heteroatoms. The minimum atomic E-state index is -4.72. The number of ether oxygens (including phenoxy) is 1. The van der Waals surface area contributed by atoms with E-state index in [-0.39, 0.29) is 17.5 Å². The van der Waals surface area contributed by atoms with Crippen LogP contribution in [0.5, 0.6) is 5.75 Å². The smallest absolute Gasteiger partial charge is 0.404 e. The van der Waals surface area contributed by atoms with E-state index in [4.69, 9.17) is 0 Å². The van der Waals surface area contributed by atoms with E-state index in [1.54, 1.807) is 6.07 Å². The van der Waals surface area contributed by atoms with Crippen LogP contribution < -0.4 is 10.1 Å². The maximum atomic E-state index is 12.2. The van der Waals surface area contributed by atoms with E-state index in [2.05, 4.69) is 10.1 Å². The van der Waals surface area contributed by atoms with Gasteiger partial charge in [0.2, 0.25) is 0 Å². The Morgan fingerprint density at radius 2 is 1.94 bits per heavy atom. The highest BCUT2D eigenvalue weighted by molar-refractivity contribution is 5.57. The van der Waals surface area contributed by atoms with E-state index in [0.717, 1.165) is 12.8 Å². The molecule has 0 spiro atoms. The zero-order chi connectivity index (χ0) is 13.2. The highest BCUT2D eigenvalue weighted by Gasteiger charge is 2.33. The Balaban J connectivity index is 2.12. The molecule has 1 aliphatic carbocycles. The molecule has 1 saturated carbocycles. The molecule has 1 fully saturated rings. The van der Waals surface area contributed by atoms with E-state index in [1.807, 2.05) is 0 Å². The van der Waals surface area contributed by atoms with E-state index in [1.165, 1.54) is 18.2 Å². The van der Waals surface area contributed by atoms with Gasteiger partial charge in [-0.25, -0.2) is 0 Å². The van der Waals surface area contributed by atoms with Crippen molar-refractivity contribution in [3.8, 4) is 5.75 Å². The summed E-state index contributed by atoms with van der Waals surface area (Å²) < 4.78 is 40.6. The predicted octanol–water partition coefficient (Wildman–Crippen LogP) is 2.91. The highest BCUT2D eigenvalue weighted by Crippen LogP contribution is 2.32. The van der Waals surface area contributed by atoms with E-state index in [9.17, 15) is 18.3 Å². The fraction of sp³-hybridized carbons (Fsp3) is 0.500. The van der Waals surface area contributed by atoms with Crippen LogP contribution in [0.4, 0.5) is 18.9 Å². The average molecular weight is 261 g/mol. The van der Waals surface area contributed by atoms with Gasteiger partial charge in [0.05, 0.1) is 17.8 Å². The summed E-state index contributed by atoms with van der Waals surface area (Å²) >= 11 is 0. The quantitative estimate of drug-likeness (QED) is 0.879. The van der Waals surface area contributed by atoms with Gasteiger partial charge in [-0.1, -0.05) is 12.1 Å². The molecule has 0 radical (unpaired) electrons. The lowest BCUT2D eigenvalue weighted by Crippen LogP contribution is -2.28. The molecule has 0 heterocycles. The van der Waals surface area contributed by atoms with Crippen molar-refractivity contribution in [1.29, 1.82) is 0 Å². The normalized spacial score (nSPS) is 24.0. The van der Waals surface area contributed by atoms with Crippen LogP contribution in [-0.2, 0) is 0 Å². The van der Waals surface area contributed by atoms with Gasteiger partial charge in [-0.2, -0.15) is 0 Å². The van der Waals surface area contributed by atoms with Gasteiger partial charge in [0.25, 0.3) is 0 Å². The highest BCUT2D eigenvalue weighted by atomic mass is 19.4. The number of benzene rings is 1. The molecule has 2 N–H and O–H groups in total. The number of halogens is 3.